The first kappa shape index (κ1) is 16.5. The second-order valence-corrected chi connectivity index (χ2v) is 7.28. The number of aliphatic hydroxyl groups is 1. The predicted molar refractivity (Wildman–Crippen MR) is 90.4 cm³/mol. The van der Waals surface area contributed by atoms with Crippen molar-refractivity contribution in [2.45, 2.75) is 46.1 Å². The molecular formula is C18H27NOS. The van der Waals surface area contributed by atoms with Crippen LogP contribution in [-0.4, -0.2) is 29.7 Å². The van der Waals surface area contributed by atoms with Crippen LogP contribution in [0.4, 0.5) is 0 Å². The van der Waals surface area contributed by atoms with Gasteiger partial charge in [-0.05, 0) is 50.3 Å². The number of hydrogen-bond donors (Lipinski definition) is 1. The van der Waals surface area contributed by atoms with Gasteiger partial charge in [0.25, 0.3) is 0 Å². The van der Waals surface area contributed by atoms with E-state index in [1.165, 1.54) is 37.2 Å². The topological polar surface area (TPSA) is 23.5 Å². The zero-order valence-corrected chi connectivity index (χ0v) is 14.1. The average Bonchev–Trinajstić information content (AvgIpc) is 2.76. The zero-order chi connectivity index (χ0) is 15.1. The molecule has 0 radical (unpaired) electrons. The molecule has 1 N–H and O–H groups in total. The van der Waals surface area contributed by atoms with Crippen LogP contribution >= 0.6 is 11.3 Å². The molecule has 0 bridgehead atoms. The van der Waals surface area contributed by atoms with Crippen molar-refractivity contribution in [3.05, 3.63) is 21.9 Å². The molecule has 2 nitrogen and oxygen atoms in total. The minimum absolute atomic E-state index is 0.148. The Hall–Kier alpha value is -0.820. The van der Waals surface area contributed by atoms with Gasteiger partial charge in [-0.2, -0.15) is 0 Å². The third-order valence-electron chi connectivity index (χ3n) is 4.31. The van der Waals surface area contributed by atoms with Crippen LogP contribution in [0.2, 0.25) is 0 Å². The molecule has 1 aliphatic rings. The van der Waals surface area contributed by atoms with Gasteiger partial charge in [-0.3, -0.25) is 4.90 Å². The van der Waals surface area contributed by atoms with Gasteiger partial charge in [0.1, 0.15) is 0 Å². The third-order valence-corrected chi connectivity index (χ3v) is 5.23. The van der Waals surface area contributed by atoms with E-state index in [0.717, 1.165) is 23.9 Å². The van der Waals surface area contributed by atoms with Crippen LogP contribution in [0.5, 0.6) is 0 Å². The van der Waals surface area contributed by atoms with Crippen molar-refractivity contribution in [2.24, 2.45) is 11.8 Å². The van der Waals surface area contributed by atoms with Crippen molar-refractivity contribution < 1.29 is 5.11 Å². The van der Waals surface area contributed by atoms with Crippen LogP contribution in [0.3, 0.4) is 0 Å². The maximum absolute atomic E-state index is 8.75. The molecule has 2 heterocycles. The first-order chi connectivity index (χ1) is 10.2. The van der Waals surface area contributed by atoms with Gasteiger partial charge in [-0.25, -0.2) is 0 Å². The molecule has 1 saturated heterocycles. The molecule has 0 aliphatic carbocycles. The smallest absolute Gasteiger partial charge is 0.0540 e. The second kappa shape index (κ2) is 8.58. The van der Waals surface area contributed by atoms with Gasteiger partial charge in [0.2, 0.25) is 0 Å². The SMILES string of the molecule is CC(C)C1CCCN(Cc2cc(C#CCCO)cs2)CC1. The van der Waals surface area contributed by atoms with Gasteiger partial charge in [0.15, 0.2) is 0 Å². The molecule has 1 fully saturated rings. The molecule has 1 atom stereocenters. The summed E-state index contributed by atoms with van der Waals surface area (Å²) in [6, 6.07) is 2.21. The van der Waals surface area contributed by atoms with E-state index in [9.17, 15) is 0 Å². The van der Waals surface area contributed by atoms with E-state index in [0.29, 0.717) is 6.42 Å². The molecule has 1 aliphatic heterocycles. The molecule has 0 saturated carbocycles. The fourth-order valence-corrected chi connectivity index (χ4v) is 3.83. The van der Waals surface area contributed by atoms with Gasteiger partial charge in [0, 0.05) is 28.8 Å². The summed E-state index contributed by atoms with van der Waals surface area (Å²) in [4.78, 5) is 4.00. The highest BCUT2D eigenvalue weighted by atomic mass is 32.1. The highest BCUT2D eigenvalue weighted by Gasteiger charge is 2.19. The molecule has 0 amide bonds. The van der Waals surface area contributed by atoms with E-state index >= 15 is 0 Å². The Bertz CT molecular complexity index is 483. The minimum atomic E-state index is 0.148. The predicted octanol–water partition coefficient (Wildman–Crippen LogP) is 3.74. The lowest BCUT2D eigenvalue weighted by atomic mass is 9.89. The number of likely N-dealkylation sites (tertiary alicyclic amines) is 1. The molecule has 1 unspecified atom stereocenters. The minimum Gasteiger partial charge on any atom is -0.395 e. The number of aliphatic hydroxyl groups excluding tert-OH is 1. The lowest BCUT2D eigenvalue weighted by Crippen LogP contribution is -2.24. The van der Waals surface area contributed by atoms with Crippen LogP contribution in [-0.2, 0) is 6.54 Å². The van der Waals surface area contributed by atoms with Gasteiger partial charge >= 0.3 is 0 Å². The maximum Gasteiger partial charge on any atom is 0.0540 e. The largest absolute Gasteiger partial charge is 0.395 e. The molecule has 1 aromatic heterocycles. The molecular weight excluding hydrogens is 278 g/mol. The normalized spacial score (nSPS) is 20.1. The van der Waals surface area contributed by atoms with Crippen LogP contribution in [0.1, 0.15) is 50.0 Å². The van der Waals surface area contributed by atoms with Crippen molar-refractivity contribution in [1.29, 1.82) is 0 Å². The molecule has 1 aromatic rings. The Morgan fingerprint density at radius 1 is 1.38 bits per heavy atom. The monoisotopic (exact) mass is 305 g/mol. The van der Waals surface area contributed by atoms with Crippen molar-refractivity contribution in [1.82, 2.24) is 4.90 Å². The molecule has 2 rings (SSSR count). The molecule has 116 valence electrons. The van der Waals surface area contributed by atoms with E-state index in [2.05, 4.69) is 42.0 Å². The highest BCUT2D eigenvalue weighted by molar-refractivity contribution is 7.10. The average molecular weight is 305 g/mol. The Morgan fingerprint density at radius 3 is 3.00 bits per heavy atom. The number of rotatable bonds is 4. The Kier molecular flexibility index (Phi) is 6.76. The lowest BCUT2D eigenvalue weighted by Gasteiger charge is -2.20. The standard InChI is InChI=1S/C18H27NOS/c1-15(2)17-7-5-9-19(10-8-17)13-18-12-16(14-21-18)6-3-4-11-20/h12,14-15,17,20H,4-5,7-11,13H2,1-2H3. The van der Waals surface area contributed by atoms with Gasteiger partial charge in [-0.15, -0.1) is 11.3 Å². The van der Waals surface area contributed by atoms with Crippen molar-refractivity contribution in [2.75, 3.05) is 19.7 Å². The van der Waals surface area contributed by atoms with Gasteiger partial charge in [0.05, 0.1) is 6.61 Å². The van der Waals surface area contributed by atoms with Gasteiger partial charge < -0.3 is 5.11 Å². The Morgan fingerprint density at radius 2 is 2.24 bits per heavy atom. The number of hydrogen-bond acceptors (Lipinski definition) is 3. The fourth-order valence-electron chi connectivity index (χ4n) is 2.98. The quantitative estimate of drug-likeness (QED) is 0.857. The number of nitrogens with zero attached hydrogens (tertiary/aromatic N) is 1. The molecule has 21 heavy (non-hydrogen) atoms. The van der Waals surface area contributed by atoms with E-state index in [1.807, 2.05) is 11.3 Å². The fraction of sp³-hybridized carbons (Fsp3) is 0.667. The Labute approximate surface area is 133 Å². The second-order valence-electron chi connectivity index (χ2n) is 6.29. The summed E-state index contributed by atoms with van der Waals surface area (Å²) in [6.45, 7) is 8.39. The first-order valence-electron chi connectivity index (χ1n) is 8.08. The van der Waals surface area contributed by atoms with E-state index < -0.39 is 0 Å². The first-order valence-corrected chi connectivity index (χ1v) is 8.96. The third kappa shape index (κ3) is 5.47. The Balaban J connectivity index is 1.86. The van der Waals surface area contributed by atoms with Crippen LogP contribution < -0.4 is 0 Å². The van der Waals surface area contributed by atoms with E-state index in [1.54, 1.807) is 0 Å². The summed E-state index contributed by atoms with van der Waals surface area (Å²) in [6.07, 6.45) is 4.62. The molecule has 3 heteroatoms. The molecule has 0 spiro atoms. The summed E-state index contributed by atoms with van der Waals surface area (Å²) < 4.78 is 0. The summed E-state index contributed by atoms with van der Waals surface area (Å²) >= 11 is 1.81. The maximum atomic E-state index is 8.75. The van der Waals surface area contributed by atoms with Crippen LogP contribution in [0, 0.1) is 23.7 Å². The van der Waals surface area contributed by atoms with Gasteiger partial charge in [-0.1, -0.05) is 25.7 Å². The van der Waals surface area contributed by atoms with E-state index in [4.69, 9.17) is 5.11 Å². The zero-order valence-electron chi connectivity index (χ0n) is 13.3. The van der Waals surface area contributed by atoms with Crippen molar-refractivity contribution >= 4 is 11.3 Å². The summed E-state index contributed by atoms with van der Waals surface area (Å²) in [5, 5.41) is 10.9. The summed E-state index contributed by atoms with van der Waals surface area (Å²) in [7, 11) is 0. The van der Waals surface area contributed by atoms with Crippen molar-refractivity contribution in [3.8, 4) is 11.8 Å². The summed E-state index contributed by atoms with van der Waals surface area (Å²) in [5.41, 5.74) is 1.10. The highest BCUT2D eigenvalue weighted by Crippen LogP contribution is 2.26. The van der Waals surface area contributed by atoms with E-state index in [-0.39, 0.29) is 6.61 Å². The lowest BCUT2D eigenvalue weighted by molar-refractivity contribution is 0.267. The summed E-state index contributed by atoms with van der Waals surface area (Å²) in [5.74, 6) is 7.83. The molecule has 0 aromatic carbocycles. The van der Waals surface area contributed by atoms with Crippen LogP contribution in [0.25, 0.3) is 0 Å². The number of thiophene rings is 1. The van der Waals surface area contributed by atoms with Crippen LogP contribution in [0.15, 0.2) is 11.4 Å². The van der Waals surface area contributed by atoms with Crippen molar-refractivity contribution in [3.63, 3.8) is 0 Å².